The number of aliphatic hydroxyl groups excluding tert-OH is 3. The van der Waals surface area contributed by atoms with E-state index in [2.05, 4.69) is 18.4 Å². The first kappa shape index (κ1) is 13.7. The molecule has 130 valence electrons. The minimum Gasteiger partial charge on any atom is -0.393 e. The van der Waals surface area contributed by atoms with Gasteiger partial charge in [0.2, 0.25) is 0 Å². The summed E-state index contributed by atoms with van der Waals surface area (Å²) in [5, 5.41) is 33.3. The van der Waals surface area contributed by atoms with E-state index in [0.717, 1.165) is 37.8 Å². The standard InChI is InChI=1S/C20H27NO3/c1-8-3-19-6-10-15-18(2)4-9(22)5-20(15)16(19)14(24)11(8)13(23)12(19)17(20)21(10)7-18/h9-17,22-24H,1,3-7H2,2H3/t9-,10?,11-,12?,13?,14?,15?,16?,17+,18-,19-,20?/m0/s1. The SMILES string of the molecule is C=C1C[C@]23CC4C5C67C[C@@H](O)C[C@@]5(C)CN4[C@@H]6C2C(O)[C@H]1C(O)C73. The van der Waals surface area contributed by atoms with Crippen molar-refractivity contribution in [3.05, 3.63) is 12.2 Å². The quantitative estimate of drug-likeness (QED) is 0.574. The van der Waals surface area contributed by atoms with E-state index in [-0.39, 0.29) is 40.1 Å². The number of fused-ring (bicyclic) bond motifs is 1. The van der Waals surface area contributed by atoms with Gasteiger partial charge in [-0.05, 0) is 53.8 Å². The molecule has 9 aliphatic rings. The van der Waals surface area contributed by atoms with Crippen molar-refractivity contribution >= 4 is 0 Å². The first-order valence-electron chi connectivity index (χ1n) is 9.83. The van der Waals surface area contributed by atoms with Crippen LogP contribution in [0.4, 0.5) is 0 Å². The van der Waals surface area contributed by atoms with Crippen LogP contribution in [0.5, 0.6) is 0 Å². The molecule has 3 saturated heterocycles. The fourth-order valence-corrected chi connectivity index (χ4v) is 10.7. The molecule has 0 radical (unpaired) electrons. The summed E-state index contributed by atoms with van der Waals surface area (Å²) in [4.78, 5) is 2.73. The fraction of sp³-hybridized carbons (Fsp3) is 0.900. The van der Waals surface area contributed by atoms with Gasteiger partial charge in [-0.3, -0.25) is 4.90 Å². The molecule has 6 saturated carbocycles. The number of aliphatic hydroxyl groups is 3. The topological polar surface area (TPSA) is 63.9 Å². The number of hydrogen-bond donors (Lipinski definition) is 3. The molecule has 4 nitrogen and oxygen atoms in total. The van der Waals surface area contributed by atoms with E-state index in [9.17, 15) is 15.3 Å². The highest BCUT2D eigenvalue weighted by Crippen LogP contribution is 2.86. The molecule has 6 aliphatic carbocycles. The molecule has 3 aliphatic heterocycles. The molecule has 0 aromatic heterocycles. The van der Waals surface area contributed by atoms with Crippen LogP contribution in [0.25, 0.3) is 0 Å². The molecule has 0 amide bonds. The Kier molecular flexibility index (Phi) is 1.95. The van der Waals surface area contributed by atoms with E-state index in [1.54, 1.807) is 0 Å². The molecule has 8 unspecified atom stereocenters. The summed E-state index contributed by atoms with van der Waals surface area (Å²) in [6.07, 6.45) is 2.76. The third-order valence-corrected chi connectivity index (χ3v) is 10.1. The summed E-state index contributed by atoms with van der Waals surface area (Å²) in [5.41, 5.74) is 1.37. The predicted octanol–water partition coefficient (Wildman–Crippen LogP) is 0.764. The van der Waals surface area contributed by atoms with Crippen LogP contribution in [0.2, 0.25) is 0 Å². The summed E-state index contributed by atoms with van der Waals surface area (Å²) in [5.74, 6) is 1.02. The molecule has 3 N–H and O–H groups in total. The molecule has 3 heterocycles. The van der Waals surface area contributed by atoms with Crippen molar-refractivity contribution in [2.75, 3.05) is 6.54 Å². The summed E-state index contributed by atoms with van der Waals surface area (Å²) in [6, 6.07) is 0.999. The lowest BCUT2D eigenvalue weighted by molar-refractivity contribution is -0.213. The predicted molar refractivity (Wildman–Crippen MR) is 86.8 cm³/mol. The molecule has 4 heteroatoms. The average Bonchev–Trinajstić information content (AvgIpc) is 2.88. The Morgan fingerprint density at radius 2 is 1.88 bits per heavy atom. The Bertz CT molecular complexity index is 709. The summed E-state index contributed by atoms with van der Waals surface area (Å²) in [7, 11) is 0. The molecule has 0 aromatic carbocycles. The second-order valence-electron chi connectivity index (χ2n) is 10.8. The van der Waals surface area contributed by atoms with Gasteiger partial charge in [0.25, 0.3) is 0 Å². The highest BCUT2D eigenvalue weighted by Gasteiger charge is 2.90. The second-order valence-corrected chi connectivity index (χ2v) is 10.8. The van der Waals surface area contributed by atoms with Crippen molar-refractivity contribution in [2.45, 2.75) is 63.0 Å². The molecular weight excluding hydrogens is 302 g/mol. The van der Waals surface area contributed by atoms with Gasteiger partial charge in [0.1, 0.15) is 0 Å². The van der Waals surface area contributed by atoms with Gasteiger partial charge in [0.15, 0.2) is 0 Å². The normalized spacial score (nSPS) is 76.1. The Hall–Kier alpha value is -0.420. The fourth-order valence-electron chi connectivity index (χ4n) is 10.7. The Morgan fingerprint density at radius 3 is 2.67 bits per heavy atom. The maximum absolute atomic E-state index is 11.3. The van der Waals surface area contributed by atoms with E-state index in [1.165, 1.54) is 0 Å². The third-order valence-electron chi connectivity index (χ3n) is 10.1. The number of piperidine rings is 2. The number of rotatable bonds is 0. The van der Waals surface area contributed by atoms with Crippen LogP contribution < -0.4 is 0 Å². The Balaban J connectivity index is 1.54. The molecular formula is C20H27NO3. The zero-order chi connectivity index (χ0) is 16.4. The lowest BCUT2D eigenvalue weighted by atomic mass is 9.39. The van der Waals surface area contributed by atoms with Gasteiger partial charge in [-0.1, -0.05) is 19.1 Å². The summed E-state index contributed by atoms with van der Waals surface area (Å²) >= 11 is 0. The van der Waals surface area contributed by atoms with E-state index in [1.807, 2.05) is 0 Å². The minimum atomic E-state index is -0.460. The largest absolute Gasteiger partial charge is 0.393 e. The Morgan fingerprint density at radius 1 is 1.08 bits per heavy atom. The van der Waals surface area contributed by atoms with Crippen molar-refractivity contribution in [1.82, 2.24) is 4.90 Å². The minimum absolute atomic E-state index is 0.0358. The van der Waals surface area contributed by atoms with Crippen LogP contribution in [0.15, 0.2) is 12.2 Å². The maximum atomic E-state index is 11.3. The van der Waals surface area contributed by atoms with Gasteiger partial charge in [0, 0.05) is 30.5 Å². The number of hydrogen-bond acceptors (Lipinski definition) is 4. The molecule has 9 bridgehead atoms. The van der Waals surface area contributed by atoms with Gasteiger partial charge in [-0.2, -0.15) is 0 Å². The van der Waals surface area contributed by atoms with Crippen LogP contribution in [0, 0.1) is 39.9 Å². The van der Waals surface area contributed by atoms with Crippen molar-refractivity contribution in [1.29, 1.82) is 0 Å². The Labute approximate surface area is 142 Å². The van der Waals surface area contributed by atoms with Crippen LogP contribution >= 0.6 is 0 Å². The zero-order valence-electron chi connectivity index (χ0n) is 14.2. The molecule has 2 spiro atoms. The van der Waals surface area contributed by atoms with Crippen molar-refractivity contribution < 1.29 is 15.3 Å². The van der Waals surface area contributed by atoms with E-state index < -0.39 is 12.2 Å². The van der Waals surface area contributed by atoms with Gasteiger partial charge in [-0.25, -0.2) is 0 Å². The van der Waals surface area contributed by atoms with Gasteiger partial charge >= 0.3 is 0 Å². The second kappa shape index (κ2) is 3.40. The lowest BCUT2D eigenvalue weighted by Crippen LogP contribution is -2.67. The van der Waals surface area contributed by atoms with Crippen LogP contribution in [-0.4, -0.2) is 57.2 Å². The summed E-state index contributed by atoms with van der Waals surface area (Å²) < 4.78 is 0. The molecule has 9 rings (SSSR count). The van der Waals surface area contributed by atoms with E-state index >= 15 is 0 Å². The molecule has 13 atom stereocenters. The lowest BCUT2D eigenvalue weighted by Gasteiger charge is -2.65. The first-order chi connectivity index (χ1) is 11.4. The van der Waals surface area contributed by atoms with Gasteiger partial charge < -0.3 is 15.3 Å². The average molecular weight is 329 g/mol. The maximum Gasteiger partial charge on any atom is 0.0679 e. The smallest absolute Gasteiger partial charge is 0.0679 e. The van der Waals surface area contributed by atoms with E-state index in [0.29, 0.717) is 18.0 Å². The number of nitrogens with zero attached hydrogens (tertiary/aromatic N) is 1. The monoisotopic (exact) mass is 329 g/mol. The van der Waals surface area contributed by atoms with Crippen LogP contribution in [0.3, 0.4) is 0 Å². The third kappa shape index (κ3) is 0.980. The van der Waals surface area contributed by atoms with Crippen LogP contribution in [0.1, 0.15) is 32.6 Å². The molecule has 24 heavy (non-hydrogen) atoms. The molecule has 9 fully saturated rings. The van der Waals surface area contributed by atoms with Crippen molar-refractivity contribution in [2.24, 2.45) is 39.9 Å². The highest BCUT2D eigenvalue weighted by molar-refractivity contribution is 5.43. The summed E-state index contributed by atoms with van der Waals surface area (Å²) in [6.45, 7) is 7.72. The van der Waals surface area contributed by atoms with Crippen molar-refractivity contribution in [3.63, 3.8) is 0 Å². The zero-order valence-corrected chi connectivity index (χ0v) is 14.2. The van der Waals surface area contributed by atoms with Gasteiger partial charge in [-0.15, -0.1) is 0 Å². The highest BCUT2D eigenvalue weighted by atomic mass is 16.3. The van der Waals surface area contributed by atoms with Crippen molar-refractivity contribution in [3.8, 4) is 0 Å². The van der Waals surface area contributed by atoms with Crippen LogP contribution in [-0.2, 0) is 0 Å². The first-order valence-corrected chi connectivity index (χ1v) is 9.83. The van der Waals surface area contributed by atoms with E-state index in [4.69, 9.17) is 0 Å². The van der Waals surface area contributed by atoms with Gasteiger partial charge in [0.05, 0.1) is 18.3 Å². The molecule has 0 aromatic rings.